The van der Waals surface area contributed by atoms with Crippen molar-refractivity contribution in [2.45, 2.75) is 18.9 Å². The van der Waals surface area contributed by atoms with E-state index in [1.54, 1.807) is 0 Å². The Balaban J connectivity index is 0. The zero-order chi connectivity index (χ0) is 9.40. The molecule has 0 aliphatic carbocycles. The Bertz CT molecular complexity index is 135. The normalized spacial score (nSPS) is 11.6. The van der Waals surface area contributed by atoms with Gasteiger partial charge in [-0.15, -0.1) is 12.4 Å². The average molecular weight is 213 g/mol. The first-order valence-electron chi connectivity index (χ1n) is 3.95. The van der Waals surface area contributed by atoms with Crippen molar-refractivity contribution in [1.82, 2.24) is 0 Å². The molecular weight excluding hydrogens is 196 g/mol. The minimum absolute atomic E-state index is 0. The maximum absolute atomic E-state index is 10.9. The van der Waals surface area contributed by atoms with Crippen LogP contribution in [0.2, 0.25) is 0 Å². The van der Waals surface area contributed by atoms with Gasteiger partial charge in [-0.2, -0.15) is 0 Å². The molecule has 80 valence electrons. The van der Waals surface area contributed by atoms with E-state index in [4.69, 9.17) is 16.6 Å². The predicted molar refractivity (Wildman–Crippen MR) is 51.6 cm³/mol. The van der Waals surface area contributed by atoms with Gasteiger partial charge in [0, 0.05) is 0 Å². The summed E-state index contributed by atoms with van der Waals surface area (Å²) in [4.78, 5) is 10.9. The third kappa shape index (κ3) is 7.98. The van der Waals surface area contributed by atoms with Crippen molar-refractivity contribution in [3.8, 4) is 0 Å². The molecule has 0 aromatic carbocycles. The Kier molecular flexibility index (Phi) is 11.3. The summed E-state index contributed by atoms with van der Waals surface area (Å²) in [6, 6.07) is -0.611. The molecule has 0 saturated carbocycles. The molecule has 6 heteroatoms. The standard InChI is InChI=1S/C7H16N2O3.ClH/c8-3-1-2-6(9)7(11)12-5-4-10;/h6,10H,1-5,8-9H2;1H/t6-;/m1./s1. The predicted octanol–water partition coefficient (Wildman–Crippen LogP) is -0.990. The SMILES string of the molecule is Cl.NCCC[C@@H](N)C(=O)OCCO. The minimum atomic E-state index is -0.611. The van der Waals surface area contributed by atoms with Gasteiger partial charge >= 0.3 is 5.97 Å². The monoisotopic (exact) mass is 212 g/mol. The van der Waals surface area contributed by atoms with Crippen LogP contribution in [0.3, 0.4) is 0 Å². The first-order valence-corrected chi connectivity index (χ1v) is 3.95. The number of carbonyl (C=O) groups is 1. The molecule has 0 spiro atoms. The topological polar surface area (TPSA) is 98.6 Å². The van der Waals surface area contributed by atoms with Crippen molar-refractivity contribution < 1.29 is 14.6 Å². The number of hydrogen-bond acceptors (Lipinski definition) is 5. The van der Waals surface area contributed by atoms with Crippen LogP contribution in [0.25, 0.3) is 0 Å². The second-order valence-electron chi connectivity index (χ2n) is 2.43. The molecule has 0 bridgehead atoms. The Morgan fingerprint density at radius 3 is 2.62 bits per heavy atom. The first kappa shape index (κ1) is 15.1. The average Bonchev–Trinajstić information content (AvgIpc) is 2.10. The third-order valence-electron chi connectivity index (χ3n) is 1.36. The highest BCUT2D eigenvalue weighted by Crippen LogP contribution is 1.95. The van der Waals surface area contributed by atoms with Gasteiger partial charge in [0.15, 0.2) is 0 Å². The highest BCUT2D eigenvalue weighted by Gasteiger charge is 2.13. The van der Waals surface area contributed by atoms with Crippen LogP contribution in [-0.4, -0.2) is 36.9 Å². The zero-order valence-corrected chi connectivity index (χ0v) is 8.26. The molecule has 0 fully saturated rings. The van der Waals surface area contributed by atoms with Gasteiger partial charge < -0.3 is 21.3 Å². The molecule has 0 saturated heterocycles. The van der Waals surface area contributed by atoms with Crippen molar-refractivity contribution in [3.63, 3.8) is 0 Å². The maximum atomic E-state index is 10.9. The molecule has 0 radical (unpaired) electrons. The fraction of sp³-hybridized carbons (Fsp3) is 0.857. The molecule has 13 heavy (non-hydrogen) atoms. The van der Waals surface area contributed by atoms with E-state index in [1.807, 2.05) is 0 Å². The largest absolute Gasteiger partial charge is 0.462 e. The van der Waals surface area contributed by atoms with Crippen LogP contribution in [-0.2, 0) is 9.53 Å². The van der Waals surface area contributed by atoms with Gasteiger partial charge in [-0.3, -0.25) is 4.79 Å². The van der Waals surface area contributed by atoms with Crippen molar-refractivity contribution in [1.29, 1.82) is 0 Å². The first-order chi connectivity index (χ1) is 5.72. The molecule has 0 unspecified atom stereocenters. The number of halogens is 1. The summed E-state index contributed by atoms with van der Waals surface area (Å²) in [5.41, 5.74) is 10.7. The van der Waals surface area contributed by atoms with Crippen LogP contribution in [0.1, 0.15) is 12.8 Å². The summed E-state index contributed by atoms with van der Waals surface area (Å²) >= 11 is 0. The van der Waals surface area contributed by atoms with Crippen LogP contribution >= 0.6 is 12.4 Å². The number of rotatable bonds is 6. The number of hydrogen-bond donors (Lipinski definition) is 3. The quantitative estimate of drug-likeness (QED) is 0.491. The molecule has 0 aliphatic heterocycles. The molecular formula is C7H17ClN2O3. The van der Waals surface area contributed by atoms with Gasteiger partial charge in [0.05, 0.1) is 6.61 Å². The fourth-order valence-corrected chi connectivity index (χ4v) is 0.709. The second kappa shape index (κ2) is 9.73. The Morgan fingerprint density at radius 2 is 2.15 bits per heavy atom. The smallest absolute Gasteiger partial charge is 0.322 e. The maximum Gasteiger partial charge on any atom is 0.322 e. The second-order valence-corrected chi connectivity index (χ2v) is 2.43. The van der Waals surface area contributed by atoms with E-state index < -0.39 is 12.0 Å². The van der Waals surface area contributed by atoms with E-state index in [9.17, 15) is 4.79 Å². The number of esters is 1. The van der Waals surface area contributed by atoms with Crippen LogP contribution in [0.5, 0.6) is 0 Å². The summed E-state index contributed by atoms with van der Waals surface area (Å²) in [6.07, 6.45) is 1.23. The van der Waals surface area contributed by atoms with Crippen LogP contribution in [0, 0.1) is 0 Å². The van der Waals surface area contributed by atoms with Crippen molar-refractivity contribution >= 4 is 18.4 Å². The van der Waals surface area contributed by atoms with Crippen molar-refractivity contribution in [3.05, 3.63) is 0 Å². The molecule has 0 heterocycles. The van der Waals surface area contributed by atoms with E-state index >= 15 is 0 Å². The van der Waals surface area contributed by atoms with Crippen molar-refractivity contribution in [2.24, 2.45) is 11.5 Å². The van der Waals surface area contributed by atoms with Gasteiger partial charge in [-0.1, -0.05) is 0 Å². The summed E-state index contributed by atoms with van der Waals surface area (Å²) in [5, 5.41) is 8.33. The molecule has 1 atom stereocenters. The number of nitrogens with two attached hydrogens (primary N) is 2. The molecule has 0 aromatic heterocycles. The lowest BCUT2D eigenvalue weighted by atomic mass is 10.2. The number of aliphatic hydroxyl groups is 1. The van der Waals surface area contributed by atoms with E-state index in [-0.39, 0.29) is 25.6 Å². The van der Waals surface area contributed by atoms with E-state index in [1.165, 1.54) is 0 Å². The van der Waals surface area contributed by atoms with Gasteiger partial charge in [0.2, 0.25) is 0 Å². The van der Waals surface area contributed by atoms with Crippen LogP contribution in [0.4, 0.5) is 0 Å². The lowest BCUT2D eigenvalue weighted by Crippen LogP contribution is -2.33. The highest BCUT2D eigenvalue weighted by atomic mass is 35.5. The number of carbonyl (C=O) groups excluding carboxylic acids is 1. The molecule has 5 N–H and O–H groups in total. The fourth-order valence-electron chi connectivity index (χ4n) is 0.709. The van der Waals surface area contributed by atoms with Gasteiger partial charge in [0.1, 0.15) is 12.6 Å². The molecule has 0 amide bonds. The van der Waals surface area contributed by atoms with Crippen LogP contribution in [0.15, 0.2) is 0 Å². The molecule has 0 aromatic rings. The van der Waals surface area contributed by atoms with Gasteiger partial charge in [0.25, 0.3) is 0 Å². The summed E-state index contributed by atoms with van der Waals surface area (Å²) < 4.78 is 4.60. The molecule has 5 nitrogen and oxygen atoms in total. The number of ether oxygens (including phenoxy) is 1. The van der Waals surface area contributed by atoms with E-state index in [0.29, 0.717) is 19.4 Å². The van der Waals surface area contributed by atoms with E-state index in [2.05, 4.69) is 4.74 Å². The lowest BCUT2D eigenvalue weighted by molar-refractivity contribution is -0.146. The summed E-state index contributed by atoms with van der Waals surface area (Å²) in [5.74, 6) is -0.475. The van der Waals surface area contributed by atoms with Gasteiger partial charge in [-0.05, 0) is 19.4 Å². The van der Waals surface area contributed by atoms with Gasteiger partial charge in [-0.25, -0.2) is 0 Å². The van der Waals surface area contributed by atoms with E-state index in [0.717, 1.165) is 0 Å². The van der Waals surface area contributed by atoms with Crippen molar-refractivity contribution in [2.75, 3.05) is 19.8 Å². The lowest BCUT2D eigenvalue weighted by Gasteiger charge is -2.09. The Labute approximate surface area is 83.8 Å². The Hall–Kier alpha value is -0.360. The molecule has 0 aliphatic rings. The third-order valence-corrected chi connectivity index (χ3v) is 1.36. The van der Waals surface area contributed by atoms with Crippen LogP contribution < -0.4 is 11.5 Å². The summed E-state index contributed by atoms with van der Waals surface area (Å²) in [6.45, 7) is 0.353. The summed E-state index contributed by atoms with van der Waals surface area (Å²) in [7, 11) is 0. The minimum Gasteiger partial charge on any atom is -0.462 e. The Morgan fingerprint density at radius 1 is 1.54 bits per heavy atom. The zero-order valence-electron chi connectivity index (χ0n) is 7.44. The highest BCUT2D eigenvalue weighted by molar-refractivity contribution is 5.85. The molecule has 0 rings (SSSR count). The number of aliphatic hydroxyl groups excluding tert-OH is 1.